The lowest BCUT2D eigenvalue weighted by Gasteiger charge is -2.26. The minimum Gasteiger partial charge on any atom is -0.449 e. The van der Waals surface area contributed by atoms with Crippen LogP contribution in [-0.2, 0) is 16.1 Å². The van der Waals surface area contributed by atoms with Gasteiger partial charge in [-0.05, 0) is 48.7 Å². The van der Waals surface area contributed by atoms with Crippen molar-refractivity contribution in [3.8, 4) is 0 Å². The Labute approximate surface area is 190 Å². The summed E-state index contributed by atoms with van der Waals surface area (Å²) in [4.78, 5) is 50.6. The number of hydrogen-bond donors (Lipinski definition) is 3. The van der Waals surface area contributed by atoms with Crippen molar-refractivity contribution in [1.29, 1.82) is 0 Å². The summed E-state index contributed by atoms with van der Waals surface area (Å²) in [5, 5.41) is 8.13. The largest absolute Gasteiger partial charge is 0.449 e. The van der Waals surface area contributed by atoms with Crippen LogP contribution in [0.5, 0.6) is 0 Å². The molecule has 2 aromatic rings. The van der Waals surface area contributed by atoms with E-state index in [2.05, 4.69) is 16.0 Å². The summed E-state index contributed by atoms with van der Waals surface area (Å²) in [6.07, 6.45) is 0.436. The van der Waals surface area contributed by atoms with E-state index in [9.17, 15) is 19.2 Å². The van der Waals surface area contributed by atoms with Gasteiger partial charge in [0.05, 0.1) is 25.7 Å². The number of carbonyl (C=O) groups is 4. The van der Waals surface area contributed by atoms with E-state index in [4.69, 9.17) is 4.74 Å². The van der Waals surface area contributed by atoms with E-state index in [-0.39, 0.29) is 31.1 Å². The van der Waals surface area contributed by atoms with Crippen molar-refractivity contribution in [3.05, 3.63) is 59.7 Å². The zero-order valence-electron chi connectivity index (χ0n) is 18.2. The number of hydrogen-bond acceptors (Lipinski definition) is 5. The van der Waals surface area contributed by atoms with Gasteiger partial charge in [-0.3, -0.25) is 14.6 Å². The zero-order chi connectivity index (χ0) is 23.4. The van der Waals surface area contributed by atoms with Gasteiger partial charge in [-0.15, -0.1) is 0 Å². The molecule has 1 atom stereocenters. The highest BCUT2D eigenvalue weighted by Crippen LogP contribution is 2.22. The second-order valence-corrected chi connectivity index (χ2v) is 7.87. The van der Waals surface area contributed by atoms with E-state index in [1.54, 1.807) is 29.2 Å². The maximum absolute atomic E-state index is 12.5. The summed E-state index contributed by atoms with van der Waals surface area (Å²) in [7, 11) is 0. The molecule has 2 aliphatic rings. The van der Waals surface area contributed by atoms with Crippen LogP contribution in [0.2, 0.25) is 0 Å². The van der Waals surface area contributed by atoms with Crippen molar-refractivity contribution in [2.24, 2.45) is 0 Å². The van der Waals surface area contributed by atoms with Crippen molar-refractivity contribution in [2.45, 2.75) is 25.9 Å². The number of nitrogens with zero attached hydrogens (tertiary/aromatic N) is 2. The Morgan fingerprint density at radius 2 is 1.94 bits per heavy atom. The van der Waals surface area contributed by atoms with Crippen LogP contribution in [-0.4, -0.2) is 48.7 Å². The molecular weight excluding hydrogens is 426 g/mol. The van der Waals surface area contributed by atoms with Crippen molar-refractivity contribution in [1.82, 2.24) is 15.5 Å². The molecule has 33 heavy (non-hydrogen) atoms. The SMILES string of the molecule is CC(NC(=O)Nc1cccc(CN2C(=O)CNC2=O)c1)c1ccc(N2CCCOC2=O)cc1. The highest BCUT2D eigenvalue weighted by Gasteiger charge is 2.28. The third-order valence-electron chi connectivity index (χ3n) is 5.49. The van der Waals surface area contributed by atoms with Crippen LogP contribution in [0.4, 0.5) is 25.8 Å². The predicted octanol–water partition coefficient (Wildman–Crippen LogP) is 2.97. The highest BCUT2D eigenvalue weighted by atomic mass is 16.6. The molecule has 1 unspecified atom stereocenters. The van der Waals surface area contributed by atoms with Crippen molar-refractivity contribution < 1.29 is 23.9 Å². The van der Waals surface area contributed by atoms with Crippen LogP contribution >= 0.6 is 0 Å². The van der Waals surface area contributed by atoms with Gasteiger partial charge in [0.15, 0.2) is 0 Å². The molecule has 2 heterocycles. The lowest BCUT2D eigenvalue weighted by molar-refractivity contribution is -0.125. The Morgan fingerprint density at radius 1 is 1.15 bits per heavy atom. The van der Waals surface area contributed by atoms with E-state index in [0.29, 0.717) is 18.8 Å². The van der Waals surface area contributed by atoms with E-state index in [0.717, 1.165) is 28.1 Å². The van der Waals surface area contributed by atoms with Gasteiger partial charge in [0.25, 0.3) is 0 Å². The number of ether oxygens (including phenoxy) is 1. The molecule has 10 nitrogen and oxygen atoms in total. The van der Waals surface area contributed by atoms with Gasteiger partial charge < -0.3 is 20.7 Å². The Morgan fingerprint density at radius 3 is 2.64 bits per heavy atom. The van der Waals surface area contributed by atoms with Gasteiger partial charge >= 0.3 is 18.2 Å². The first kappa shape index (κ1) is 22.1. The molecule has 2 saturated heterocycles. The number of imide groups is 1. The fourth-order valence-electron chi connectivity index (χ4n) is 3.72. The van der Waals surface area contributed by atoms with Crippen molar-refractivity contribution in [2.75, 3.05) is 29.9 Å². The van der Waals surface area contributed by atoms with Crippen LogP contribution in [0, 0.1) is 0 Å². The molecule has 2 fully saturated rings. The molecule has 0 radical (unpaired) electrons. The van der Waals surface area contributed by atoms with Crippen LogP contribution in [0.3, 0.4) is 0 Å². The minimum absolute atomic E-state index is 0.000163. The number of amides is 6. The fraction of sp³-hybridized carbons (Fsp3) is 0.304. The van der Waals surface area contributed by atoms with Gasteiger partial charge in [-0.1, -0.05) is 24.3 Å². The molecule has 172 valence electrons. The number of cyclic esters (lactones) is 1. The summed E-state index contributed by atoms with van der Waals surface area (Å²) in [5.41, 5.74) is 2.90. The second kappa shape index (κ2) is 9.60. The topological polar surface area (TPSA) is 120 Å². The predicted molar refractivity (Wildman–Crippen MR) is 121 cm³/mol. The first-order valence-corrected chi connectivity index (χ1v) is 10.7. The van der Waals surface area contributed by atoms with E-state index in [1.807, 2.05) is 31.2 Å². The summed E-state index contributed by atoms with van der Waals surface area (Å²) >= 11 is 0. The fourth-order valence-corrected chi connectivity index (χ4v) is 3.72. The third kappa shape index (κ3) is 5.22. The molecule has 0 aliphatic carbocycles. The molecule has 2 aliphatic heterocycles. The summed E-state index contributed by atoms with van der Waals surface area (Å²) < 4.78 is 5.07. The molecule has 10 heteroatoms. The molecule has 0 bridgehead atoms. The van der Waals surface area contributed by atoms with Crippen LogP contribution in [0.25, 0.3) is 0 Å². The van der Waals surface area contributed by atoms with Crippen molar-refractivity contribution in [3.63, 3.8) is 0 Å². The van der Waals surface area contributed by atoms with Gasteiger partial charge in [0.2, 0.25) is 5.91 Å². The summed E-state index contributed by atoms with van der Waals surface area (Å²) in [6.45, 7) is 3.05. The van der Waals surface area contributed by atoms with E-state index >= 15 is 0 Å². The molecule has 0 spiro atoms. The number of rotatable bonds is 6. The Bertz CT molecular complexity index is 1060. The minimum atomic E-state index is -0.423. The average molecular weight is 451 g/mol. The average Bonchev–Trinajstić information content (AvgIpc) is 3.12. The monoisotopic (exact) mass is 451 g/mol. The molecule has 3 N–H and O–H groups in total. The van der Waals surface area contributed by atoms with Gasteiger partial charge in [0, 0.05) is 17.9 Å². The van der Waals surface area contributed by atoms with E-state index in [1.165, 1.54) is 0 Å². The smallest absolute Gasteiger partial charge is 0.414 e. The van der Waals surface area contributed by atoms with Gasteiger partial charge in [-0.2, -0.15) is 0 Å². The van der Waals surface area contributed by atoms with Crippen LogP contribution in [0.1, 0.15) is 30.5 Å². The number of urea groups is 2. The lowest BCUT2D eigenvalue weighted by Crippen LogP contribution is -2.37. The Balaban J connectivity index is 1.33. The molecular formula is C23H25N5O5. The normalized spacial score (nSPS) is 16.8. The third-order valence-corrected chi connectivity index (χ3v) is 5.49. The van der Waals surface area contributed by atoms with Crippen LogP contribution in [0.15, 0.2) is 48.5 Å². The van der Waals surface area contributed by atoms with Crippen LogP contribution < -0.4 is 20.9 Å². The Hall–Kier alpha value is -4.08. The molecule has 0 aromatic heterocycles. The molecule has 2 aromatic carbocycles. The highest BCUT2D eigenvalue weighted by molar-refractivity contribution is 6.01. The van der Waals surface area contributed by atoms with Gasteiger partial charge in [0.1, 0.15) is 0 Å². The van der Waals surface area contributed by atoms with Gasteiger partial charge in [-0.25, -0.2) is 14.4 Å². The molecule has 6 amide bonds. The number of nitrogens with one attached hydrogen (secondary N) is 3. The summed E-state index contributed by atoms with van der Waals surface area (Å²) in [6, 6.07) is 13.3. The quantitative estimate of drug-likeness (QED) is 0.583. The first-order valence-electron chi connectivity index (χ1n) is 10.7. The second-order valence-electron chi connectivity index (χ2n) is 7.87. The van der Waals surface area contributed by atoms with E-state index < -0.39 is 12.1 Å². The first-order chi connectivity index (χ1) is 15.9. The molecule has 4 rings (SSSR count). The Kier molecular flexibility index (Phi) is 6.43. The number of benzene rings is 2. The zero-order valence-corrected chi connectivity index (χ0v) is 18.2. The standard InChI is InChI=1S/C23H25N5O5/c1-15(17-6-8-19(9-7-17)27-10-3-11-33-23(27)32)25-21(30)26-18-5-2-4-16(12-18)14-28-20(29)13-24-22(28)31/h2,4-9,12,15H,3,10-11,13-14H2,1H3,(H,24,31)(H2,25,26,30). The number of carbonyl (C=O) groups excluding carboxylic acids is 4. The number of anilines is 2. The van der Waals surface area contributed by atoms with Crippen molar-refractivity contribution >= 4 is 35.4 Å². The molecule has 0 saturated carbocycles. The lowest BCUT2D eigenvalue weighted by atomic mass is 10.1. The maximum Gasteiger partial charge on any atom is 0.414 e. The summed E-state index contributed by atoms with van der Waals surface area (Å²) in [5.74, 6) is -0.284. The maximum atomic E-state index is 12.5.